The molecule has 0 aromatic heterocycles. The number of carbonyl (C=O) groups is 1. The Hall–Kier alpha value is -0.570. The van der Waals surface area contributed by atoms with Gasteiger partial charge in [-0.15, -0.1) is 0 Å². The Bertz CT molecular complexity index is 204. The highest BCUT2D eigenvalue weighted by atomic mass is 16.5. The quantitative estimate of drug-likeness (QED) is 0.398. The van der Waals surface area contributed by atoms with Crippen molar-refractivity contribution >= 4 is 5.97 Å². The average Bonchev–Trinajstić information content (AvgIpc) is 2.43. The molecule has 120 valence electrons. The van der Waals surface area contributed by atoms with Crippen LogP contribution in [0.15, 0.2) is 0 Å². The molecule has 0 atom stereocenters. The van der Waals surface area contributed by atoms with Gasteiger partial charge in [0.15, 0.2) is 0 Å². The van der Waals surface area contributed by atoms with Crippen LogP contribution < -0.4 is 0 Å². The molecule has 0 radical (unpaired) electrons. The normalized spacial score (nSPS) is 10.8. The molecule has 0 spiro atoms. The van der Waals surface area contributed by atoms with Crippen molar-refractivity contribution in [1.29, 1.82) is 0 Å². The van der Waals surface area contributed by atoms with E-state index < -0.39 is 5.97 Å². The van der Waals surface area contributed by atoms with Gasteiger partial charge in [-0.1, -0.05) is 64.7 Å². The lowest BCUT2D eigenvalue weighted by atomic mass is 10.1. The molecular formula is C17H34O3. The molecule has 3 nitrogen and oxygen atoms in total. The van der Waals surface area contributed by atoms with Gasteiger partial charge in [0, 0.05) is 19.6 Å². The van der Waals surface area contributed by atoms with Crippen LogP contribution in [0.25, 0.3) is 0 Å². The monoisotopic (exact) mass is 286 g/mol. The first-order chi connectivity index (χ1) is 9.77. The zero-order valence-electron chi connectivity index (χ0n) is 13.4. The number of carboxylic acid groups (broad SMARTS) is 1. The average molecular weight is 286 g/mol. The minimum Gasteiger partial charge on any atom is -0.481 e. The summed E-state index contributed by atoms with van der Waals surface area (Å²) in [6, 6.07) is 0. The predicted molar refractivity (Wildman–Crippen MR) is 84.1 cm³/mol. The largest absolute Gasteiger partial charge is 0.481 e. The van der Waals surface area contributed by atoms with Crippen molar-refractivity contribution in [1.82, 2.24) is 0 Å². The SMILES string of the molecule is CCCCCCCCCCCCOCCCCC(=O)O. The molecule has 0 unspecified atom stereocenters. The lowest BCUT2D eigenvalue weighted by Crippen LogP contribution is -1.99. The zero-order valence-corrected chi connectivity index (χ0v) is 13.4. The highest BCUT2D eigenvalue weighted by Gasteiger charge is 1.96. The molecule has 0 aromatic carbocycles. The van der Waals surface area contributed by atoms with Crippen LogP contribution in [-0.2, 0) is 9.53 Å². The van der Waals surface area contributed by atoms with Crippen LogP contribution in [0.4, 0.5) is 0 Å². The van der Waals surface area contributed by atoms with Gasteiger partial charge in [0.25, 0.3) is 0 Å². The third-order valence-corrected chi connectivity index (χ3v) is 3.57. The Morgan fingerprint density at radius 2 is 1.20 bits per heavy atom. The molecule has 0 aliphatic heterocycles. The Morgan fingerprint density at radius 1 is 0.750 bits per heavy atom. The van der Waals surface area contributed by atoms with Crippen molar-refractivity contribution in [3.05, 3.63) is 0 Å². The van der Waals surface area contributed by atoms with Crippen molar-refractivity contribution < 1.29 is 14.6 Å². The van der Waals surface area contributed by atoms with E-state index in [4.69, 9.17) is 9.84 Å². The molecule has 0 bridgehead atoms. The summed E-state index contributed by atoms with van der Waals surface area (Å²) in [5.41, 5.74) is 0. The van der Waals surface area contributed by atoms with Crippen LogP contribution >= 0.6 is 0 Å². The van der Waals surface area contributed by atoms with Gasteiger partial charge in [-0.05, 0) is 19.3 Å². The van der Waals surface area contributed by atoms with Gasteiger partial charge < -0.3 is 9.84 Å². The van der Waals surface area contributed by atoms with E-state index >= 15 is 0 Å². The second kappa shape index (κ2) is 16.5. The van der Waals surface area contributed by atoms with Gasteiger partial charge in [-0.2, -0.15) is 0 Å². The molecule has 0 aliphatic rings. The maximum Gasteiger partial charge on any atom is 0.303 e. The van der Waals surface area contributed by atoms with E-state index in [-0.39, 0.29) is 6.42 Å². The van der Waals surface area contributed by atoms with Crippen LogP contribution in [0.3, 0.4) is 0 Å². The Kier molecular flexibility index (Phi) is 16.0. The van der Waals surface area contributed by atoms with Crippen LogP contribution in [-0.4, -0.2) is 24.3 Å². The third kappa shape index (κ3) is 17.4. The molecular weight excluding hydrogens is 252 g/mol. The number of aliphatic carboxylic acids is 1. The standard InChI is InChI=1S/C17H34O3/c1-2-3-4-5-6-7-8-9-10-12-15-20-16-13-11-14-17(18)19/h2-16H2,1H3,(H,18,19). The number of unbranched alkanes of at least 4 members (excludes halogenated alkanes) is 10. The number of rotatable bonds is 16. The fraction of sp³-hybridized carbons (Fsp3) is 0.941. The van der Waals surface area contributed by atoms with E-state index in [0.29, 0.717) is 6.61 Å². The Balaban J connectivity index is 2.94. The number of hydrogen-bond donors (Lipinski definition) is 1. The minimum atomic E-state index is -0.709. The molecule has 0 saturated heterocycles. The molecule has 1 N–H and O–H groups in total. The van der Waals surface area contributed by atoms with E-state index in [2.05, 4.69) is 6.92 Å². The summed E-state index contributed by atoms with van der Waals surface area (Å²) in [5.74, 6) is -0.709. The Morgan fingerprint density at radius 3 is 1.70 bits per heavy atom. The van der Waals surface area contributed by atoms with E-state index in [1.807, 2.05) is 0 Å². The number of hydrogen-bond acceptors (Lipinski definition) is 2. The fourth-order valence-corrected chi connectivity index (χ4v) is 2.27. The van der Waals surface area contributed by atoms with E-state index in [1.165, 1.54) is 57.8 Å². The summed E-state index contributed by atoms with van der Waals surface area (Å²) in [6.45, 7) is 3.81. The van der Waals surface area contributed by atoms with Crippen LogP contribution in [0, 0.1) is 0 Å². The van der Waals surface area contributed by atoms with Crippen molar-refractivity contribution in [2.24, 2.45) is 0 Å². The highest BCUT2D eigenvalue weighted by molar-refractivity contribution is 5.66. The first-order valence-corrected chi connectivity index (χ1v) is 8.57. The summed E-state index contributed by atoms with van der Waals surface area (Å²) in [7, 11) is 0. The van der Waals surface area contributed by atoms with Gasteiger partial charge in [0.1, 0.15) is 0 Å². The predicted octanol–water partition coefficient (Wildman–Crippen LogP) is 5.18. The first kappa shape index (κ1) is 19.4. The molecule has 0 heterocycles. The summed E-state index contributed by atoms with van der Waals surface area (Å²) in [4.78, 5) is 10.3. The molecule has 0 amide bonds. The highest BCUT2D eigenvalue weighted by Crippen LogP contribution is 2.10. The third-order valence-electron chi connectivity index (χ3n) is 3.57. The zero-order chi connectivity index (χ0) is 14.9. The summed E-state index contributed by atoms with van der Waals surface area (Å²) in [5, 5.41) is 8.48. The van der Waals surface area contributed by atoms with E-state index in [1.54, 1.807) is 0 Å². The van der Waals surface area contributed by atoms with Crippen LogP contribution in [0.1, 0.15) is 90.4 Å². The second-order valence-electron chi connectivity index (χ2n) is 5.65. The van der Waals surface area contributed by atoms with Gasteiger partial charge in [-0.3, -0.25) is 4.79 Å². The van der Waals surface area contributed by atoms with E-state index in [0.717, 1.165) is 25.9 Å². The molecule has 0 rings (SSSR count). The van der Waals surface area contributed by atoms with Crippen molar-refractivity contribution in [2.45, 2.75) is 90.4 Å². The molecule has 0 aliphatic carbocycles. The fourth-order valence-electron chi connectivity index (χ4n) is 2.27. The van der Waals surface area contributed by atoms with E-state index in [9.17, 15) is 4.79 Å². The molecule has 0 aromatic rings. The first-order valence-electron chi connectivity index (χ1n) is 8.57. The van der Waals surface area contributed by atoms with Gasteiger partial charge in [0.2, 0.25) is 0 Å². The van der Waals surface area contributed by atoms with Crippen molar-refractivity contribution in [3.8, 4) is 0 Å². The smallest absolute Gasteiger partial charge is 0.303 e. The van der Waals surface area contributed by atoms with Crippen molar-refractivity contribution in [2.75, 3.05) is 13.2 Å². The van der Waals surface area contributed by atoms with Gasteiger partial charge in [0.05, 0.1) is 0 Å². The second-order valence-corrected chi connectivity index (χ2v) is 5.65. The summed E-state index contributed by atoms with van der Waals surface area (Å²) >= 11 is 0. The van der Waals surface area contributed by atoms with Gasteiger partial charge in [-0.25, -0.2) is 0 Å². The summed E-state index contributed by atoms with van der Waals surface area (Å²) in [6.07, 6.45) is 15.3. The van der Waals surface area contributed by atoms with Crippen molar-refractivity contribution in [3.63, 3.8) is 0 Å². The maximum absolute atomic E-state index is 10.3. The maximum atomic E-state index is 10.3. The van der Waals surface area contributed by atoms with Crippen LogP contribution in [0.2, 0.25) is 0 Å². The number of carboxylic acids is 1. The molecule has 20 heavy (non-hydrogen) atoms. The van der Waals surface area contributed by atoms with Crippen LogP contribution in [0.5, 0.6) is 0 Å². The van der Waals surface area contributed by atoms with Gasteiger partial charge >= 0.3 is 5.97 Å². The lowest BCUT2D eigenvalue weighted by molar-refractivity contribution is -0.137. The topological polar surface area (TPSA) is 46.5 Å². The summed E-state index contributed by atoms with van der Waals surface area (Å²) < 4.78 is 5.49. The lowest BCUT2D eigenvalue weighted by Gasteiger charge is -2.04. The molecule has 0 fully saturated rings. The number of ether oxygens (including phenoxy) is 1. The Labute approximate surface area is 125 Å². The molecule has 3 heteroatoms. The minimum absolute atomic E-state index is 0.265. The molecule has 0 saturated carbocycles.